The van der Waals surface area contributed by atoms with Gasteiger partial charge in [0, 0.05) is 36.6 Å². The molecule has 2 heterocycles. The summed E-state index contributed by atoms with van der Waals surface area (Å²) in [5.41, 5.74) is 1.16. The van der Waals surface area contributed by atoms with Crippen LogP contribution in [0.1, 0.15) is 22.0 Å². The molecular formula is C16H19Cl2FN2OS. The number of piperazine rings is 1. The first-order valence-electron chi connectivity index (χ1n) is 7.25. The molecule has 0 amide bonds. The van der Waals surface area contributed by atoms with Gasteiger partial charge in [0.2, 0.25) is 0 Å². The lowest BCUT2D eigenvalue weighted by molar-refractivity contribution is 0.197. The molecule has 1 atom stereocenters. The highest BCUT2D eigenvalue weighted by Crippen LogP contribution is 2.40. The van der Waals surface area contributed by atoms with E-state index in [0.717, 1.165) is 31.1 Å². The predicted molar refractivity (Wildman–Crippen MR) is 95.7 cm³/mol. The molecule has 0 aliphatic carbocycles. The van der Waals surface area contributed by atoms with Crippen molar-refractivity contribution in [1.82, 2.24) is 10.2 Å². The van der Waals surface area contributed by atoms with Crippen LogP contribution in [0.5, 0.6) is 5.75 Å². The van der Waals surface area contributed by atoms with Crippen molar-refractivity contribution in [2.75, 3.05) is 26.2 Å². The summed E-state index contributed by atoms with van der Waals surface area (Å²) in [5.74, 6) is -0.164. The van der Waals surface area contributed by atoms with Crippen molar-refractivity contribution in [3.05, 3.63) is 50.4 Å². The number of phenolic OH excluding ortho intramolecular Hbond substituents is 1. The Bertz CT molecular complexity index is 674. The average molecular weight is 377 g/mol. The first-order valence-corrected chi connectivity index (χ1v) is 8.44. The van der Waals surface area contributed by atoms with Gasteiger partial charge in [0.1, 0.15) is 11.6 Å². The third-order valence-corrected chi connectivity index (χ3v) is 5.25. The summed E-state index contributed by atoms with van der Waals surface area (Å²) in [6.07, 6.45) is 0. The number of hydrogen-bond acceptors (Lipinski definition) is 4. The number of phenols is 1. The molecule has 3 rings (SSSR count). The molecule has 23 heavy (non-hydrogen) atoms. The van der Waals surface area contributed by atoms with Gasteiger partial charge in [-0.2, -0.15) is 0 Å². The van der Waals surface area contributed by atoms with Gasteiger partial charge in [-0.1, -0.05) is 11.6 Å². The number of rotatable bonds is 3. The highest BCUT2D eigenvalue weighted by Gasteiger charge is 2.28. The summed E-state index contributed by atoms with van der Waals surface area (Å²) < 4.78 is 14.6. The van der Waals surface area contributed by atoms with E-state index in [9.17, 15) is 9.50 Å². The smallest absolute Gasteiger partial charge is 0.124 e. The van der Waals surface area contributed by atoms with E-state index in [-0.39, 0.29) is 30.0 Å². The van der Waals surface area contributed by atoms with Crippen LogP contribution in [0.3, 0.4) is 0 Å². The monoisotopic (exact) mass is 376 g/mol. The Hall–Kier alpha value is -0.850. The molecule has 1 aliphatic heterocycles. The minimum Gasteiger partial charge on any atom is -0.507 e. The molecule has 0 spiro atoms. The van der Waals surface area contributed by atoms with Crippen LogP contribution >= 0.6 is 35.3 Å². The van der Waals surface area contributed by atoms with Crippen LogP contribution in [0.15, 0.2) is 24.3 Å². The second kappa shape index (κ2) is 7.81. The maximum Gasteiger partial charge on any atom is 0.124 e. The summed E-state index contributed by atoms with van der Waals surface area (Å²) in [4.78, 5) is 3.28. The number of aryl methyl sites for hydroxylation is 1. The van der Waals surface area contributed by atoms with E-state index in [1.54, 1.807) is 6.92 Å². The van der Waals surface area contributed by atoms with Gasteiger partial charge in [-0.3, -0.25) is 4.90 Å². The van der Waals surface area contributed by atoms with Crippen LogP contribution in [0.2, 0.25) is 4.34 Å². The first-order chi connectivity index (χ1) is 10.6. The zero-order valence-electron chi connectivity index (χ0n) is 12.7. The Morgan fingerprint density at radius 2 is 2.00 bits per heavy atom. The molecule has 1 aromatic carbocycles. The largest absolute Gasteiger partial charge is 0.507 e. The lowest BCUT2D eigenvalue weighted by atomic mass is 9.99. The molecule has 0 unspecified atom stereocenters. The van der Waals surface area contributed by atoms with Crippen molar-refractivity contribution in [1.29, 1.82) is 0 Å². The van der Waals surface area contributed by atoms with Gasteiger partial charge < -0.3 is 10.4 Å². The van der Waals surface area contributed by atoms with Crippen molar-refractivity contribution < 1.29 is 9.50 Å². The number of benzene rings is 1. The topological polar surface area (TPSA) is 35.5 Å². The number of hydrogen-bond donors (Lipinski definition) is 2. The van der Waals surface area contributed by atoms with E-state index in [2.05, 4.69) is 10.2 Å². The quantitative estimate of drug-likeness (QED) is 0.850. The summed E-state index contributed by atoms with van der Waals surface area (Å²) >= 11 is 7.56. The third-order valence-electron chi connectivity index (χ3n) is 3.97. The van der Waals surface area contributed by atoms with Crippen molar-refractivity contribution in [3.63, 3.8) is 0 Å². The van der Waals surface area contributed by atoms with Crippen LogP contribution < -0.4 is 5.32 Å². The van der Waals surface area contributed by atoms with Crippen LogP contribution in [0, 0.1) is 12.7 Å². The fourth-order valence-corrected chi connectivity index (χ4v) is 4.13. The van der Waals surface area contributed by atoms with E-state index in [1.165, 1.54) is 23.5 Å². The zero-order chi connectivity index (χ0) is 15.7. The normalized spacial score (nSPS) is 16.8. The Morgan fingerprint density at radius 1 is 1.30 bits per heavy atom. The van der Waals surface area contributed by atoms with Crippen molar-refractivity contribution >= 4 is 35.3 Å². The standard InChI is InChI=1S/C16H18ClFN2OS.ClH/c1-10-8-11(18)9-12(16(10)21)15(13-2-3-14(17)22-13)20-6-4-19-5-7-20;/h2-3,8-9,15,19,21H,4-7H2,1H3;1H/t15-;/m1./s1. The summed E-state index contributed by atoms with van der Waals surface area (Å²) in [6.45, 7) is 5.16. The summed E-state index contributed by atoms with van der Waals surface area (Å²) in [5, 5.41) is 13.8. The van der Waals surface area contributed by atoms with Gasteiger partial charge in [-0.15, -0.1) is 23.7 Å². The van der Waals surface area contributed by atoms with Crippen molar-refractivity contribution in [2.24, 2.45) is 0 Å². The van der Waals surface area contributed by atoms with Crippen molar-refractivity contribution in [3.8, 4) is 5.75 Å². The minimum absolute atomic E-state index is 0. The Balaban J connectivity index is 0.00000192. The number of nitrogens with zero attached hydrogens (tertiary/aromatic N) is 1. The van der Waals surface area contributed by atoms with Gasteiger partial charge in [0.15, 0.2) is 0 Å². The predicted octanol–water partition coefficient (Wildman–Crippen LogP) is 3.97. The fourth-order valence-electron chi connectivity index (χ4n) is 2.92. The highest BCUT2D eigenvalue weighted by atomic mass is 35.5. The average Bonchev–Trinajstić information content (AvgIpc) is 2.92. The van der Waals surface area contributed by atoms with E-state index in [0.29, 0.717) is 15.5 Å². The molecule has 1 aliphatic rings. The molecule has 1 fully saturated rings. The third kappa shape index (κ3) is 3.98. The molecular weight excluding hydrogens is 358 g/mol. The maximum atomic E-state index is 13.9. The molecule has 0 saturated carbocycles. The molecule has 1 aromatic heterocycles. The number of halogens is 3. The summed E-state index contributed by atoms with van der Waals surface area (Å²) in [6, 6.07) is 6.42. The zero-order valence-corrected chi connectivity index (χ0v) is 15.1. The van der Waals surface area contributed by atoms with E-state index in [4.69, 9.17) is 11.6 Å². The second-order valence-electron chi connectivity index (χ2n) is 5.49. The van der Waals surface area contributed by atoms with Crippen LogP contribution in [0.4, 0.5) is 4.39 Å². The van der Waals surface area contributed by atoms with Gasteiger partial charge in [-0.25, -0.2) is 4.39 Å². The minimum atomic E-state index is -0.326. The van der Waals surface area contributed by atoms with Gasteiger partial charge >= 0.3 is 0 Å². The molecule has 2 aromatic rings. The Kier molecular flexibility index (Phi) is 6.28. The Morgan fingerprint density at radius 3 is 2.61 bits per heavy atom. The van der Waals surface area contributed by atoms with E-state index >= 15 is 0 Å². The number of thiophene rings is 1. The molecule has 7 heteroatoms. The van der Waals surface area contributed by atoms with E-state index < -0.39 is 0 Å². The molecule has 0 bridgehead atoms. The molecule has 1 saturated heterocycles. The SMILES string of the molecule is Cc1cc(F)cc([C@H](c2ccc(Cl)s2)N2CCNCC2)c1O.Cl. The van der Waals surface area contributed by atoms with E-state index in [1.807, 2.05) is 12.1 Å². The summed E-state index contributed by atoms with van der Waals surface area (Å²) in [7, 11) is 0. The Labute approximate surface area is 150 Å². The maximum absolute atomic E-state index is 13.9. The number of aromatic hydroxyl groups is 1. The first kappa shape index (κ1) is 18.5. The lowest BCUT2D eigenvalue weighted by Gasteiger charge is -2.35. The van der Waals surface area contributed by atoms with Gasteiger partial charge in [0.05, 0.1) is 10.4 Å². The second-order valence-corrected chi connectivity index (χ2v) is 7.24. The molecule has 2 N–H and O–H groups in total. The van der Waals surface area contributed by atoms with Crippen LogP contribution in [-0.4, -0.2) is 36.2 Å². The molecule has 0 radical (unpaired) electrons. The molecule has 126 valence electrons. The van der Waals surface area contributed by atoms with Crippen LogP contribution in [-0.2, 0) is 0 Å². The van der Waals surface area contributed by atoms with Gasteiger partial charge in [-0.05, 0) is 36.8 Å². The fraction of sp³-hybridized carbons (Fsp3) is 0.375. The van der Waals surface area contributed by atoms with Crippen molar-refractivity contribution in [2.45, 2.75) is 13.0 Å². The lowest BCUT2D eigenvalue weighted by Crippen LogP contribution is -2.45. The van der Waals surface area contributed by atoms with Gasteiger partial charge in [0.25, 0.3) is 0 Å². The van der Waals surface area contributed by atoms with Crippen LogP contribution in [0.25, 0.3) is 0 Å². The highest BCUT2D eigenvalue weighted by molar-refractivity contribution is 7.16. The number of nitrogens with one attached hydrogen (secondary N) is 1. The molecule has 3 nitrogen and oxygen atoms in total.